The molecule has 5 aliphatic carbocycles. The molecule has 14 rings (SSSR count). The van der Waals surface area contributed by atoms with Crippen molar-refractivity contribution in [3.05, 3.63) is 169 Å². The molecule has 0 aliphatic heterocycles. The van der Waals surface area contributed by atoms with E-state index in [-0.39, 0.29) is 5.41 Å². The molecule has 2 nitrogen and oxygen atoms in total. The molecule has 55 heavy (non-hydrogen) atoms. The van der Waals surface area contributed by atoms with E-state index in [1.807, 2.05) is 11.3 Å². The molecule has 264 valence electrons. The van der Waals surface area contributed by atoms with E-state index in [1.165, 1.54) is 108 Å². The Morgan fingerprint density at radius 1 is 0.491 bits per heavy atom. The molecular weight excluding hydrogens is 685 g/mol. The third-order valence-electron chi connectivity index (χ3n) is 14.4. The predicted octanol–water partition coefficient (Wildman–Crippen LogP) is 14.3. The lowest BCUT2D eigenvalue weighted by Gasteiger charge is -2.61. The van der Waals surface area contributed by atoms with Crippen molar-refractivity contribution in [1.82, 2.24) is 4.57 Å². The van der Waals surface area contributed by atoms with Gasteiger partial charge in [0, 0.05) is 59.0 Å². The Bertz CT molecular complexity index is 2940. The largest absolute Gasteiger partial charge is 0.310 e. The van der Waals surface area contributed by atoms with Gasteiger partial charge in [-0.3, -0.25) is 0 Å². The number of benzene rings is 7. The highest BCUT2D eigenvalue weighted by Crippen LogP contribution is 2.70. The molecule has 9 aromatic rings. The van der Waals surface area contributed by atoms with E-state index in [1.54, 1.807) is 11.1 Å². The average molecular weight is 725 g/mol. The molecular formula is C52H40N2S. The summed E-state index contributed by atoms with van der Waals surface area (Å²) in [6.07, 6.45) is 7.03. The normalized spacial score (nSPS) is 23.3. The molecule has 1 spiro atoms. The molecule has 0 amide bonds. The summed E-state index contributed by atoms with van der Waals surface area (Å²) in [5, 5.41) is 5.24. The van der Waals surface area contributed by atoms with Gasteiger partial charge in [-0.25, -0.2) is 0 Å². The summed E-state index contributed by atoms with van der Waals surface area (Å²) in [7, 11) is 0. The quantitative estimate of drug-likeness (QED) is 0.175. The van der Waals surface area contributed by atoms with Gasteiger partial charge in [-0.1, -0.05) is 91.0 Å². The Balaban J connectivity index is 1.04. The highest BCUT2D eigenvalue weighted by atomic mass is 32.1. The van der Waals surface area contributed by atoms with Crippen LogP contribution < -0.4 is 4.90 Å². The van der Waals surface area contributed by atoms with Crippen molar-refractivity contribution in [2.75, 3.05) is 4.90 Å². The Labute approximate surface area is 325 Å². The Kier molecular flexibility index (Phi) is 6.25. The second kappa shape index (κ2) is 11.2. The molecule has 0 saturated heterocycles. The number of rotatable bonds is 4. The standard InChI is InChI=1S/C52H40N2S/c1-5-14-44-42(13-1)51-45(52(44)34-27-32-26-33(29-34)30-35(52)28-32)15-9-18-48(51)53(38-24-25-50-43(31-38)41-12-4-8-19-49(41)55-50)36-20-22-37(23-21-36)54-46-16-6-2-10-39(46)40-11-3-7-17-47(40)54/h1-25,31-35H,26-30H2. The first kappa shape index (κ1) is 30.7. The van der Waals surface area contributed by atoms with E-state index in [0.29, 0.717) is 0 Å². The fourth-order valence-electron chi connectivity index (χ4n) is 12.6. The molecule has 7 aromatic carbocycles. The van der Waals surface area contributed by atoms with Crippen LogP contribution in [0.1, 0.15) is 43.2 Å². The fraction of sp³-hybridized carbons (Fsp3) is 0.192. The van der Waals surface area contributed by atoms with Gasteiger partial charge in [-0.15, -0.1) is 11.3 Å². The van der Waals surface area contributed by atoms with E-state index in [0.717, 1.165) is 23.7 Å². The maximum absolute atomic E-state index is 2.58. The molecule has 4 saturated carbocycles. The summed E-state index contributed by atoms with van der Waals surface area (Å²) in [5.41, 5.74) is 13.6. The SMILES string of the molecule is c1ccc2c(c1)-c1c(N(c3ccc(-n4c5ccccc5c5ccccc54)cc3)c3ccc4sc5ccccc5c4c3)cccc1C21C2CC3CC(C2)CC1C3. The fourth-order valence-corrected chi connectivity index (χ4v) is 13.7. The van der Waals surface area contributed by atoms with Crippen molar-refractivity contribution in [1.29, 1.82) is 0 Å². The zero-order chi connectivity index (χ0) is 35.8. The van der Waals surface area contributed by atoms with Crippen LogP contribution in [-0.4, -0.2) is 4.57 Å². The number of nitrogens with zero attached hydrogens (tertiary/aromatic N) is 2. The number of anilines is 3. The zero-order valence-electron chi connectivity index (χ0n) is 30.7. The minimum atomic E-state index is 0.120. The summed E-state index contributed by atoms with van der Waals surface area (Å²) in [4.78, 5) is 2.58. The first-order valence-electron chi connectivity index (χ1n) is 20.3. The first-order valence-corrected chi connectivity index (χ1v) is 21.1. The van der Waals surface area contributed by atoms with Crippen LogP contribution in [0.25, 0.3) is 58.8 Å². The van der Waals surface area contributed by atoms with E-state index < -0.39 is 0 Å². The summed E-state index contributed by atoms with van der Waals surface area (Å²) in [5.74, 6) is 3.30. The first-order chi connectivity index (χ1) is 27.2. The van der Waals surface area contributed by atoms with Gasteiger partial charge in [0.25, 0.3) is 0 Å². The topological polar surface area (TPSA) is 8.17 Å². The molecule has 0 radical (unpaired) electrons. The summed E-state index contributed by atoms with van der Waals surface area (Å²) in [6, 6.07) is 59.9. The van der Waals surface area contributed by atoms with Crippen molar-refractivity contribution in [3.63, 3.8) is 0 Å². The lowest BCUT2D eigenvalue weighted by atomic mass is 9.43. The van der Waals surface area contributed by atoms with Crippen LogP contribution in [0.5, 0.6) is 0 Å². The monoisotopic (exact) mass is 724 g/mol. The van der Waals surface area contributed by atoms with Crippen LogP contribution in [0.2, 0.25) is 0 Å². The van der Waals surface area contributed by atoms with Crippen LogP contribution in [0.3, 0.4) is 0 Å². The van der Waals surface area contributed by atoms with E-state index in [2.05, 4.69) is 167 Å². The van der Waals surface area contributed by atoms with E-state index in [9.17, 15) is 0 Å². The number of hydrogen-bond donors (Lipinski definition) is 0. The summed E-state index contributed by atoms with van der Waals surface area (Å²) < 4.78 is 5.10. The van der Waals surface area contributed by atoms with Gasteiger partial charge in [0.15, 0.2) is 0 Å². The van der Waals surface area contributed by atoms with Crippen LogP contribution in [0.15, 0.2) is 158 Å². The van der Waals surface area contributed by atoms with Crippen molar-refractivity contribution >= 4 is 70.4 Å². The van der Waals surface area contributed by atoms with Gasteiger partial charge in [-0.05, 0) is 139 Å². The predicted molar refractivity (Wildman–Crippen MR) is 232 cm³/mol. The smallest absolute Gasteiger partial charge is 0.0543 e. The van der Waals surface area contributed by atoms with Crippen LogP contribution >= 0.6 is 11.3 Å². The minimum absolute atomic E-state index is 0.120. The Morgan fingerprint density at radius 3 is 1.84 bits per heavy atom. The van der Waals surface area contributed by atoms with Crippen LogP contribution in [-0.2, 0) is 5.41 Å². The molecule has 4 bridgehead atoms. The number of fused-ring (bicyclic) bond motifs is 9. The van der Waals surface area contributed by atoms with Gasteiger partial charge < -0.3 is 9.47 Å². The maximum atomic E-state index is 2.58. The molecule has 4 fully saturated rings. The number of para-hydroxylation sites is 2. The number of thiophene rings is 1. The summed E-state index contributed by atoms with van der Waals surface area (Å²) >= 11 is 1.89. The molecule has 5 aliphatic rings. The van der Waals surface area contributed by atoms with Crippen molar-refractivity contribution in [3.8, 4) is 16.8 Å². The van der Waals surface area contributed by atoms with Crippen molar-refractivity contribution in [2.45, 2.75) is 37.5 Å². The zero-order valence-corrected chi connectivity index (χ0v) is 31.5. The molecule has 3 heteroatoms. The minimum Gasteiger partial charge on any atom is -0.310 e. The maximum Gasteiger partial charge on any atom is 0.0543 e. The van der Waals surface area contributed by atoms with Gasteiger partial charge in [-0.2, -0.15) is 0 Å². The lowest BCUT2D eigenvalue weighted by Crippen LogP contribution is -2.55. The van der Waals surface area contributed by atoms with E-state index in [4.69, 9.17) is 0 Å². The molecule has 2 heterocycles. The van der Waals surface area contributed by atoms with Crippen molar-refractivity contribution in [2.24, 2.45) is 23.7 Å². The van der Waals surface area contributed by atoms with Crippen molar-refractivity contribution < 1.29 is 0 Å². The second-order valence-electron chi connectivity index (χ2n) is 16.9. The molecule has 0 unspecified atom stereocenters. The van der Waals surface area contributed by atoms with Crippen LogP contribution in [0, 0.1) is 23.7 Å². The van der Waals surface area contributed by atoms with Gasteiger partial charge in [0.1, 0.15) is 0 Å². The average Bonchev–Trinajstić information content (AvgIpc) is 3.87. The molecule has 0 atom stereocenters. The lowest BCUT2D eigenvalue weighted by molar-refractivity contribution is -0.0399. The van der Waals surface area contributed by atoms with E-state index >= 15 is 0 Å². The summed E-state index contributed by atoms with van der Waals surface area (Å²) in [6.45, 7) is 0. The van der Waals surface area contributed by atoms with Gasteiger partial charge >= 0.3 is 0 Å². The Hall–Kier alpha value is -5.64. The third-order valence-corrected chi connectivity index (χ3v) is 15.5. The molecule has 2 aromatic heterocycles. The highest BCUT2D eigenvalue weighted by molar-refractivity contribution is 7.25. The highest BCUT2D eigenvalue weighted by Gasteiger charge is 2.61. The van der Waals surface area contributed by atoms with Gasteiger partial charge in [0.05, 0.1) is 16.7 Å². The number of hydrogen-bond acceptors (Lipinski definition) is 2. The number of aromatic nitrogens is 1. The van der Waals surface area contributed by atoms with Crippen LogP contribution in [0.4, 0.5) is 17.1 Å². The van der Waals surface area contributed by atoms with Gasteiger partial charge in [0.2, 0.25) is 0 Å². The third kappa shape index (κ3) is 4.09. The Morgan fingerprint density at radius 2 is 1.09 bits per heavy atom. The molecule has 0 N–H and O–H groups in total. The second-order valence-corrected chi connectivity index (χ2v) is 18.0.